The second-order valence-corrected chi connectivity index (χ2v) is 6.58. The van der Waals surface area contributed by atoms with Crippen molar-refractivity contribution in [3.8, 4) is 0 Å². The van der Waals surface area contributed by atoms with Gasteiger partial charge in [0.25, 0.3) is 5.91 Å². The van der Waals surface area contributed by atoms with Crippen molar-refractivity contribution in [1.29, 1.82) is 0 Å². The molecule has 5 heteroatoms. The predicted octanol–water partition coefficient (Wildman–Crippen LogP) is 3.20. The number of anilines is 1. The summed E-state index contributed by atoms with van der Waals surface area (Å²) in [7, 11) is 0. The van der Waals surface area contributed by atoms with Crippen LogP contribution in [0, 0.1) is 5.92 Å². The minimum atomic E-state index is -0.197. The zero-order valence-corrected chi connectivity index (χ0v) is 14.3. The fourth-order valence-electron chi connectivity index (χ4n) is 3.11. The fraction of sp³-hybridized carbons (Fsp3) is 0.421. The zero-order chi connectivity index (χ0) is 16.9. The molecule has 1 amide bonds. The smallest absolute Gasteiger partial charge is 0.272 e. The van der Waals surface area contributed by atoms with E-state index < -0.39 is 0 Å². The number of benzene rings is 1. The quantitative estimate of drug-likeness (QED) is 0.938. The Morgan fingerprint density at radius 2 is 2.00 bits per heavy atom. The Hall–Kier alpha value is -2.43. The van der Waals surface area contributed by atoms with E-state index in [0.717, 1.165) is 24.5 Å². The summed E-state index contributed by atoms with van der Waals surface area (Å²) in [6, 6.07) is 13.5. The molecule has 1 saturated heterocycles. The number of aromatic nitrogens is 2. The summed E-state index contributed by atoms with van der Waals surface area (Å²) in [6.45, 7) is 6.23. The van der Waals surface area contributed by atoms with Crippen molar-refractivity contribution in [2.24, 2.45) is 5.92 Å². The molecule has 1 aromatic carbocycles. The van der Waals surface area contributed by atoms with Gasteiger partial charge in [-0.1, -0.05) is 37.3 Å². The molecular formula is C19H24N4O. The highest BCUT2D eigenvalue weighted by atomic mass is 16.2. The molecule has 126 valence electrons. The largest absolute Gasteiger partial charge is 0.355 e. The molecule has 1 aliphatic heterocycles. The number of rotatable bonds is 4. The third kappa shape index (κ3) is 3.91. The van der Waals surface area contributed by atoms with E-state index in [1.54, 1.807) is 6.07 Å². The Bertz CT molecular complexity index is 672. The second kappa shape index (κ2) is 7.43. The van der Waals surface area contributed by atoms with Crippen LogP contribution in [0.1, 0.15) is 48.8 Å². The highest BCUT2D eigenvalue weighted by Crippen LogP contribution is 2.20. The first kappa shape index (κ1) is 16.4. The third-order valence-corrected chi connectivity index (χ3v) is 4.51. The van der Waals surface area contributed by atoms with Gasteiger partial charge >= 0.3 is 0 Å². The van der Waals surface area contributed by atoms with E-state index in [-0.39, 0.29) is 11.9 Å². The topological polar surface area (TPSA) is 58.1 Å². The van der Waals surface area contributed by atoms with Gasteiger partial charge in [0.05, 0.1) is 6.04 Å². The first-order chi connectivity index (χ1) is 11.6. The maximum Gasteiger partial charge on any atom is 0.272 e. The monoisotopic (exact) mass is 324 g/mol. The predicted molar refractivity (Wildman–Crippen MR) is 95.0 cm³/mol. The van der Waals surface area contributed by atoms with Gasteiger partial charge in [-0.15, -0.1) is 10.2 Å². The van der Waals surface area contributed by atoms with Crippen molar-refractivity contribution >= 4 is 11.7 Å². The van der Waals surface area contributed by atoms with Crippen LogP contribution in [0.5, 0.6) is 0 Å². The third-order valence-electron chi connectivity index (χ3n) is 4.51. The minimum absolute atomic E-state index is 0.0666. The molecule has 1 fully saturated rings. The first-order valence-electron chi connectivity index (χ1n) is 8.58. The summed E-state index contributed by atoms with van der Waals surface area (Å²) < 4.78 is 0. The number of amides is 1. The Kier molecular flexibility index (Phi) is 5.08. The molecule has 1 N–H and O–H groups in total. The molecule has 0 radical (unpaired) electrons. The van der Waals surface area contributed by atoms with Gasteiger partial charge in [-0.3, -0.25) is 4.79 Å². The van der Waals surface area contributed by atoms with Crippen LogP contribution < -0.4 is 10.2 Å². The number of nitrogens with one attached hydrogen (secondary N) is 1. The number of carbonyl (C=O) groups is 1. The van der Waals surface area contributed by atoms with Crippen LogP contribution in [0.4, 0.5) is 5.82 Å². The highest BCUT2D eigenvalue weighted by Gasteiger charge is 2.19. The van der Waals surface area contributed by atoms with Crippen molar-refractivity contribution in [1.82, 2.24) is 15.5 Å². The van der Waals surface area contributed by atoms with Crippen molar-refractivity contribution in [2.45, 2.75) is 32.7 Å². The van der Waals surface area contributed by atoms with Gasteiger partial charge in [-0.05, 0) is 43.4 Å². The molecule has 3 rings (SSSR count). The van der Waals surface area contributed by atoms with E-state index in [0.29, 0.717) is 11.6 Å². The van der Waals surface area contributed by atoms with Crippen LogP contribution in [0.3, 0.4) is 0 Å². The van der Waals surface area contributed by atoms with E-state index in [1.807, 2.05) is 43.3 Å². The standard InChI is InChI=1S/C19H24N4O/c1-14-7-6-12-23(13-14)18-11-10-17(21-22-18)19(24)20-15(2)16-8-4-3-5-9-16/h3-5,8-11,14-15H,6-7,12-13H2,1-2H3,(H,20,24). The summed E-state index contributed by atoms with van der Waals surface area (Å²) in [5, 5.41) is 11.3. The summed E-state index contributed by atoms with van der Waals surface area (Å²) in [5.41, 5.74) is 1.42. The van der Waals surface area contributed by atoms with Crippen molar-refractivity contribution in [2.75, 3.05) is 18.0 Å². The first-order valence-corrected chi connectivity index (χ1v) is 8.58. The molecule has 0 saturated carbocycles. The zero-order valence-electron chi connectivity index (χ0n) is 14.3. The average molecular weight is 324 g/mol. The molecule has 24 heavy (non-hydrogen) atoms. The van der Waals surface area contributed by atoms with Crippen LogP contribution in [-0.2, 0) is 0 Å². The maximum absolute atomic E-state index is 12.3. The lowest BCUT2D eigenvalue weighted by Crippen LogP contribution is -2.35. The van der Waals surface area contributed by atoms with Crippen LogP contribution >= 0.6 is 0 Å². The van der Waals surface area contributed by atoms with Crippen molar-refractivity contribution in [3.63, 3.8) is 0 Å². The Balaban J connectivity index is 1.63. The molecule has 0 spiro atoms. The van der Waals surface area contributed by atoms with Crippen LogP contribution in [0.15, 0.2) is 42.5 Å². The van der Waals surface area contributed by atoms with Crippen LogP contribution in [0.2, 0.25) is 0 Å². The Morgan fingerprint density at radius 1 is 1.21 bits per heavy atom. The number of piperidine rings is 1. The highest BCUT2D eigenvalue weighted by molar-refractivity contribution is 5.92. The molecule has 2 aromatic rings. The van der Waals surface area contributed by atoms with Gasteiger partial charge in [0.2, 0.25) is 0 Å². The minimum Gasteiger partial charge on any atom is -0.355 e. The van der Waals surface area contributed by atoms with Gasteiger partial charge in [-0.2, -0.15) is 0 Å². The average Bonchev–Trinajstić information content (AvgIpc) is 2.62. The molecule has 2 heterocycles. The lowest BCUT2D eigenvalue weighted by molar-refractivity contribution is 0.0934. The van der Waals surface area contributed by atoms with Crippen LogP contribution in [-0.4, -0.2) is 29.2 Å². The molecule has 0 aliphatic carbocycles. The van der Waals surface area contributed by atoms with E-state index in [2.05, 4.69) is 27.3 Å². The van der Waals surface area contributed by atoms with Gasteiger partial charge in [-0.25, -0.2) is 0 Å². The molecule has 1 aliphatic rings. The summed E-state index contributed by atoms with van der Waals surface area (Å²) in [4.78, 5) is 14.6. The van der Waals surface area contributed by atoms with Gasteiger partial charge in [0.1, 0.15) is 0 Å². The van der Waals surface area contributed by atoms with E-state index in [9.17, 15) is 4.79 Å². The normalized spacial score (nSPS) is 18.9. The lowest BCUT2D eigenvalue weighted by atomic mass is 10.0. The number of nitrogens with zero attached hydrogens (tertiary/aromatic N) is 3. The molecule has 2 atom stereocenters. The molecule has 1 aromatic heterocycles. The van der Waals surface area contributed by atoms with E-state index in [1.165, 1.54) is 12.8 Å². The number of carbonyl (C=O) groups excluding carboxylic acids is 1. The number of hydrogen-bond acceptors (Lipinski definition) is 4. The van der Waals surface area contributed by atoms with E-state index in [4.69, 9.17) is 0 Å². The fourth-order valence-corrected chi connectivity index (χ4v) is 3.11. The SMILES string of the molecule is CC1CCCN(c2ccc(C(=O)NC(C)c3ccccc3)nn2)C1. The number of hydrogen-bond donors (Lipinski definition) is 1. The second-order valence-electron chi connectivity index (χ2n) is 6.58. The summed E-state index contributed by atoms with van der Waals surface area (Å²) in [6.07, 6.45) is 2.45. The summed E-state index contributed by atoms with van der Waals surface area (Å²) in [5.74, 6) is 1.34. The summed E-state index contributed by atoms with van der Waals surface area (Å²) >= 11 is 0. The van der Waals surface area contributed by atoms with Gasteiger partial charge < -0.3 is 10.2 Å². The van der Waals surface area contributed by atoms with E-state index >= 15 is 0 Å². The molecule has 5 nitrogen and oxygen atoms in total. The lowest BCUT2D eigenvalue weighted by Gasteiger charge is -2.31. The van der Waals surface area contributed by atoms with Gasteiger partial charge in [0, 0.05) is 13.1 Å². The van der Waals surface area contributed by atoms with Crippen molar-refractivity contribution in [3.05, 3.63) is 53.7 Å². The maximum atomic E-state index is 12.3. The van der Waals surface area contributed by atoms with Gasteiger partial charge in [0.15, 0.2) is 11.5 Å². The Labute approximate surface area is 143 Å². The van der Waals surface area contributed by atoms with Crippen LogP contribution in [0.25, 0.3) is 0 Å². The molecular weight excluding hydrogens is 300 g/mol. The Morgan fingerprint density at radius 3 is 2.67 bits per heavy atom. The molecule has 2 unspecified atom stereocenters. The van der Waals surface area contributed by atoms with Crippen molar-refractivity contribution < 1.29 is 4.79 Å². The molecule has 0 bridgehead atoms.